The highest BCUT2D eigenvalue weighted by Gasteiger charge is 2.32. The Morgan fingerprint density at radius 2 is 1.90 bits per heavy atom. The molecule has 0 atom stereocenters. The van der Waals surface area contributed by atoms with Crippen LogP contribution in [0.1, 0.15) is 54.9 Å². The fourth-order valence-corrected chi connectivity index (χ4v) is 4.52. The van der Waals surface area contributed by atoms with Crippen LogP contribution in [0.3, 0.4) is 0 Å². The van der Waals surface area contributed by atoms with Gasteiger partial charge in [0.25, 0.3) is 5.91 Å². The van der Waals surface area contributed by atoms with Gasteiger partial charge in [-0.3, -0.25) is 14.2 Å². The van der Waals surface area contributed by atoms with Gasteiger partial charge in [-0.05, 0) is 56.7 Å². The van der Waals surface area contributed by atoms with Crippen molar-refractivity contribution in [1.29, 1.82) is 0 Å². The SMILES string of the molecule is O=C(CSc1nnc(N2CCCC2)n1C1CC1)Nc1cccc(C(=O)NC2CC2)c1. The van der Waals surface area contributed by atoms with Crippen molar-refractivity contribution in [2.75, 3.05) is 29.1 Å². The van der Waals surface area contributed by atoms with E-state index in [1.165, 1.54) is 24.6 Å². The van der Waals surface area contributed by atoms with E-state index in [0.29, 0.717) is 23.3 Å². The molecule has 2 aromatic rings. The Hall–Kier alpha value is -2.55. The molecular formula is C21H26N6O2S. The minimum absolute atomic E-state index is 0.0880. The Kier molecular flexibility index (Phi) is 5.37. The van der Waals surface area contributed by atoms with Crippen LogP contribution in [0.4, 0.5) is 11.6 Å². The van der Waals surface area contributed by atoms with Crippen molar-refractivity contribution < 1.29 is 9.59 Å². The monoisotopic (exact) mass is 426 g/mol. The number of anilines is 2. The number of rotatable bonds is 8. The fraction of sp³-hybridized carbons (Fsp3) is 0.524. The summed E-state index contributed by atoms with van der Waals surface area (Å²) in [7, 11) is 0. The van der Waals surface area contributed by atoms with Crippen LogP contribution in [0.5, 0.6) is 0 Å². The molecule has 0 bridgehead atoms. The number of nitrogens with zero attached hydrogens (tertiary/aromatic N) is 4. The van der Waals surface area contributed by atoms with E-state index in [1.54, 1.807) is 24.3 Å². The van der Waals surface area contributed by atoms with Crippen LogP contribution in [-0.4, -0.2) is 51.5 Å². The van der Waals surface area contributed by atoms with Gasteiger partial charge in [-0.1, -0.05) is 17.8 Å². The van der Waals surface area contributed by atoms with Crippen molar-refractivity contribution in [2.24, 2.45) is 0 Å². The van der Waals surface area contributed by atoms with Crippen LogP contribution < -0.4 is 15.5 Å². The Balaban J connectivity index is 1.20. The molecule has 3 fully saturated rings. The topological polar surface area (TPSA) is 92.2 Å². The van der Waals surface area contributed by atoms with E-state index < -0.39 is 0 Å². The van der Waals surface area contributed by atoms with Crippen molar-refractivity contribution in [3.05, 3.63) is 29.8 Å². The van der Waals surface area contributed by atoms with Gasteiger partial charge in [-0.15, -0.1) is 10.2 Å². The van der Waals surface area contributed by atoms with E-state index in [-0.39, 0.29) is 17.6 Å². The zero-order valence-corrected chi connectivity index (χ0v) is 17.7. The lowest BCUT2D eigenvalue weighted by atomic mass is 10.2. The predicted octanol–water partition coefficient (Wildman–Crippen LogP) is 2.84. The minimum Gasteiger partial charge on any atom is -0.349 e. The number of nitrogens with one attached hydrogen (secondary N) is 2. The highest BCUT2D eigenvalue weighted by atomic mass is 32.2. The summed E-state index contributed by atoms with van der Waals surface area (Å²) in [6.07, 6.45) is 6.78. The lowest BCUT2D eigenvalue weighted by Crippen LogP contribution is -2.25. The molecule has 3 aliphatic rings. The van der Waals surface area contributed by atoms with Crippen LogP contribution in [0, 0.1) is 0 Å². The normalized spacial score (nSPS) is 18.5. The van der Waals surface area contributed by atoms with Gasteiger partial charge in [0.05, 0.1) is 5.75 Å². The zero-order chi connectivity index (χ0) is 20.5. The highest BCUT2D eigenvalue weighted by Crippen LogP contribution is 2.41. The summed E-state index contributed by atoms with van der Waals surface area (Å²) in [5.74, 6) is 0.999. The first-order valence-corrected chi connectivity index (χ1v) is 11.7. The summed E-state index contributed by atoms with van der Waals surface area (Å²) in [5, 5.41) is 15.5. The number of aromatic nitrogens is 3. The first kappa shape index (κ1) is 19.4. The second-order valence-electron chi connectivity index (χ2n) is 8.24. The molecule has 1 aliphatic heterocycles. The maximum atomic E-state index is 12.5. The largest absolute Gasteiger partial charge is 0.349 e. The molecule has 2 amide bonds. The molecule has 2 N–H and O–H groups in total. The number of hydrogen-bond acceptors (Lipinski definition) is 6. The standard InChI is InChI=1S/C21H26N6O2S/c28-18(22-16-5-3-4-14(12-16)19(29)23-15-6-7-15)13-30-21-25-24-20(26-10-1-2-11-26)27(21)17-8-9-17/h3-5,12,15,17H,1-2,6-11,13H2,(H,22,28)(H,23,29). The molecule has 1 aromatic carbocycles. The van der Waals surface area contributed by atoms with Crippen LogP contribution in [0.25, 0.3) is 0 Å². The molecule has 2 saturated carbocycles. The van der Waals surface area contributed by atoms with Gasteiger partial charge >= 0.3 is 0 Å². The van der Waals surface area contributed by atoms with Crippen molar-refractivity contribution in [2.45, 2.75) is 55.8 Å². The summed E-state index contributed by atoms with van der Waals surface area (Å²) in [6, 6.07) is 7.84. The predicted molar refractivity (Wildman–Crippen MR) is 116 cm³/mol. The maximum Gasteiger partial charge on any atom is 0.251 e. The Labute approximate surface area is 179 Å². The lowest BCUT2D eigenvalue weighted by molar-refractivity contribution is -0.113. The molecule has 1 saturated heterocycles. The number of carbonyl (C=O) groups excluding carboxylic acids is 2. The molecule has 2 heterocycles. The Morgan fingerprint density at radius 3 is 2.63 bits per heavy atom. The fourth-order valence-electron chi connectivity index (χ4n) is 3.71. The third kappa shape index (κ3) is 4.45. The summed E-state index contributed by atoms with van der Waals surface area (Å²) >= 11 is 1.42. The quantitative estimate of drug-likeness (QED) is 0.631. The van der Waals surface area contributed by atoms with E-state index in [1.807, 2.05) is 0 Å². The smallest absolute Gasteiger partial charge is 0.251 e. The van der Waals surface area contributed by atoms with E-state index in [2.05, 4.69) is 30.3 Å². The number of thioether (sulfide) groups is 1. The lowest BCUT2D eigenvalue weighted by Gasteiger charge is -2.17. The molecule has 9 heteroatoms. The summed E-state index contributed by atoms with van der Waals surface area (Å²) < 4.78 is 2.21. The van der Waals surface area contributed by atoms with Gasteiger partial charge in [0.15, 0.2) is 5.16 Å². The molecule has 30 heavy (non-hydrogen) atoms. The number of carbonyl (C=O) groups is 2. The number of benzene rings is 1. The van der Waals surface area contributed by atoms with Crippen LogP contribution >= 0.6 is 11.8 Å². The average molecular weight is 427 g/mol. The van der Waals surface area contributed by atoms with Crippen LogP contribution in [0.2, 0.25) is 0 Å². The first-order chi connectivity index (χ1) is 14.7. The van der Waals surface area contributed by atoms with Crippen molar-refractivity contribution >= 4 is 35.2 Å². The van der Waals surface area contributed by atoms with Gasteiger partial charge in [-0.25, -0.2) is 0 Å². The van der Waals surface area contributed by atoms with Gasteiger partial charge in [0, 0.05) is 36.4 Å². The van der Waals surface area contributed by atoms with E-state index >= 15 is 0 Å². The van der Waals surface area contributed by atoms with Crippen LogP contribution in [-0.2, 0) is 4.79 Å². The van der Waals surface area contributed by atoms with Gasteiger partial charge in [0.2, 0.25) is 11.9 Å². The van der Waals surface area contributed by atoms with Crippen molar-refractivity contribution in [3.63, 3.8) is 0 Å². The van der Waals surface area contributed by atoms with Gasteiger partial charge in [0.1, 0.15) is 0 Å². The van der Waals surface area contributed by atoms with E-state index in [4.69, 9.17) is 0 Å². The van der Waals surface area contributed by atoms with Gasteiger partial charge in [-0.2, -0.15) is 0 Å². The summed E-state index contributed by atoms with van der Waals surface area (Å²) in [6.45, 7) is 2.06. The van der Waals surface area contributed by atoms with Crippen molar-refractivity contribution in [1.82, 2.24) is 20.1 Å². The number of amides is 2. The number of hydrogen-bond donors (Lipinski definition) is 2. The second kappa shape index (κ2) is 8.29. The summed E-state index contributed by atoms with van der Waals surface area (Å²) in [4.78, 5) is 27.0. The molecule has 0 spiro atoms. The van der Waals surface area contributed by atoms with Crippen molar-refractivity contribution in [3.8, 4) is 0 Å². The first-order valence-electron chi connectivity index (χ1n) is 10.7. The van der Waals surface area contributed by atoms with Crippen LogP contribution in [0.15, 0.2) is 29.4 Å². The molecular weight excluding hydrogens is 400 g/mol. The van der Waals surface area contributed by atoms with E-state index in [0.717, 1.165) is 49.9 Å². The third-order valence-corrected chi connectivity index (χ3v) is 6.54. The molecule has 158 valence electrons. The molecule has 0 radical (unpaired) electrons. The average Bonchev–Trinajstić information content (AvgIpc) is 3.65. The molecule has 0 unspecified atom stereocenters. The van der Waals surface area contributed by atoms with E-state index in [9.17, 15) is 9.59 Å². The third-order valence-electron chi connectivity index (χ3n) is 5.60. The zero-order valence-electron chi connectivity index (χ0n) is 16.8. The molecule has 2 aliphatic carbocycles. The molecule has 5 rings (SSSR count). The molecule has 8 nitrogen and oxygen atoms in total. The molecule has 1 aromatic heterocycles. The Morgan fingerprint density at radius 1 is 1.10 bits per heavy atom. The Bertz CT molecular complexity index is 947. The maximum absolute atomic E-state index is 12.5. The minimum atomic E-state index is -0.118. The summed E-state index contributed by atoms with van der Waals surface area (Å²) in [5.41, 5.74) is 1.20. The second-order valence-corrected chi connectivity index (χ2v) is 9.19. The van der Waals surface area contributed by atoms with Gasteiger partial charge < -0.3 is 15.5 Å². The highest BCUT2D eigenvalue weighted by molar-refractivity contribution is 7.99.